The van der Waals surface area contributed by atoms with E-state index in [0.29, 0.717) is 45.6 Å². The number of hydrogen-bond donors (Lipinski definition) is 1. The molecule has 6 aromatic rings. The van der Waals surface area contributed by atoms with Crippen LogP contribution < -0.4 is 10.2 Å². The summed E-state index contributed by atoms with van der Waals surface area (Å²) < 4.78 is 40.2. The van der Waals surface area contributed by atoms with Crippen LogP contribution in [-0.2, 0) is 39.2 Å². The SMILES string of the molecule is CN1C(=O)C2(CN(C(=O)OC(C)(C)C)CCN2)c2c1cnc1c2c(-c2ccc3c(cnn3C)c2)c(-c2cnn(C)c2)n1S(=O)(=O)c1ccccc1. The van der Waals surface area contributed by atoms with Gasteiger partial charge in [0.15, 0.2) is 5.65 Å². The smallest absolute Gasteiger partial charge is 0.410 e. The molecule has 2 aromatic carbocycles. The highest BCUT2D eigenvalue weighted by Crippen LogP contribution is 2.51. The number of aromatic nitrogens is 6. The van der Waals surface area contributed by atoms with Gasteiger partial charge in [-0.25, -0.2) is 22.2 Å². The van der Waals surface area contributed by atoms with Crippen LogP contribution >= 0.6 is 0 Å². The van der Waals surface area contributed by atoms with Crippen molar-refractivity contribution in [3.05, 3.63) is 78.9 Å². The first-order valence-corrected chi connectivity index (χ1v) is 18.0. The van der Waals surface area contributed by atoms with E-state index in [1.54, 1.807) is 93.2 Å². The van der Waals surface area contributed by atoms with Gasteiger partial charge in [-0.2, -0.15) is 10.2 Å². The van der Waals surface area contributed by atoms with Gasteiger partial charge in [-0.15, -0.1) is 0 Å². The van der Waals surface area contributed by atoms with Crippen molar-refractivity contribution in [3.8, 4) is 22.4 Å². The highest BCUT2D eigenvalue weighted by Gasteiger charge is 2.55. The maximum atomic E-state index is 14.9. The number of anilines is 1. The van der Waals surface area contributed by atoms with Gasteiger partial charge < -0.3 is 14.5 Å². The first-order valence-electron chi connectivity index (χ1n) is 16.5. The summed E-state index contributed by atoms with van der Waals surface area (Å²) in [4.78, 5) is 36.0. The fourth-order valence-electron chi connectivity index (χ4n) is 7.35. The molecule has 0 radical (unpaired) electrons. The number of nitrogens with one attached hydrogen (secondary N) is 1. The number of amides is 2. The largest absolute Gasteiger partial charge is 0.444 e. The standard InChI is InChI=1S/C36H37N9O5S/c1-35(2,3)50-34(47)44-15-14-38-36(21-44)30-27(42(5)33(36)46)19-37-32-29(30)28(22-12-13-26-23(16-22)17-40-43(26)6)31(24-18-39-41(4)20-24)45(32)51(48,49)25-10-8-7-9-11-25/h7-13,16-20,38H,14-15,21H2,1-6H3. The molecule has 2 aliphatic heterocycles. The van der Waals surface area contributed by atoms with Gasteiger partial charge >= 0.3 is 6.09 Å². The molecule has 4 aromatic heterocycles. The Kier molecular flexibility index (Phi) is 7.19. The van der Waals surface area contributed by atoms with Gasteiger partial charge in [0.05, 0.1) is 46.9 Å². The monoisotopic (exact) mass is 707 g/mol. The van der Waals surface area contributed by atoms with Crippen molar-refractivity contribution in [2.75, 3.05) is 31.6 Å². The lowest BCUT2D eigenvalue weighted by Crippen LogP contribution is -2.63. The number of aryl methyl sites for hydroxylation is 2. The molecule has 0 aliphatic carbocycles. The third-order valence-corrected chi connectivity index (χ3v) is 11.3. The minimum atomic E-state index is -4.29. The predicted octanol–water partition coefficient (Wildman–Crippen LogP) is 4.24. The van der Waals surface area contributed by atoms with E-state index in [9.17, 15) is 18.0 Å². The second-order valence-corrected chi connectivity index (χ2v) is 15.9. The molecule has 51 heavy (non-hydrogen) atoms. The number of hydrogen-bond acceptors (Lipinski definition) is 9. The molecule has 6 heterocycles. The van der Waals surface area contributed by atoms with Crippen LogP contribution in [0.1, 0.15) is 26.3 Å². The Hall–Kier alpha value is -5.54. The van der Waals surface area contributed by atoms with E-state index in [0.717, 1.165) is 10.9 Å². The number of piperazine rings is 1. The molecule has 0 bridgehead atoms. The molecule has 1 N–H and O–H groups in total. The van der Waals surface area contributed by atoms with Crippen LogP contribution in [0, 0.1) is 0 Å². The number of ether oxygens (including phenoxy) is 1. The number of benzene rings is 2. The summed E-state index contributed by atoms with van der Waals surface area (Å²) in [7, 11) is 0.989. The van der Waals surface area contributed by atoms with Gasteiger partial charge in [0.1, 0.15) is 11.1 Å². The lowest BCUT2D eigenvalue weighted by atomic mass is 9.85. The number of fused-ring (bicyclic) bond motifs is 5. The Morgan fingerprint density at radius 1 is 0.980 bits per heavy atom. The van der Waals surface area contributed by atoms with Gasteiger partial charge in [0.2, 0.25) is 0 Å². The number of carbonyl (C=O) groups excluding carboxylic acids is 2. The Morgan fingerprint density at radius 2 is 1.75 bits per heavy atom. The van der Waals surface area contributed by atoms with Crippen molar-refractivity contribution in [2.45, 2.75) is 36.8 Å². The van der Waals surface area contributed by atoms with Crippen LogP contribution in [0.3, 0.4) is 0 Å². The summed E-state index contributed by atoms with van der Waals surface area (Å²) in [6, 6.07) is 14.0. The van der Waals surface area contributed by atoms with Gasteiger partial charge in [0.25, 0.3) is 15.9 Å². The number of pyridine rings is 1. The Bertz CT molecular complexity index is 2510. The van der Waals surface area contributed by atoms with E-state index in [1.165, 1.54) is 20.0 Å². The summed E-state index contributed by atoms with van der Waals surface area (Å²) in [5.74, 6) is -0.296. The molecule has 262 valence electrons. The molecule has 14 nitrogen and oxygen atoms in total. The number of nitrogens with zero attached hydrogens (tertiary/aromatic N) is 8. The van der Waals surface area contributed by atoms with Crippen molar-refractivity contribution in [3.63, 3.8) is 0 Å². The zero-order valence-electron chi connectivity index (χ0n) is 29.1. The normalized spacial score (nSPS) is 18.0. The van der Waals surface area contributed by atoms with Crippen molar-refractivity contribution in [1.29, 1.82) is 0 Å². The van der Waals surface area contributed by atoms with E-state index >= 15 is 0 Å². The number of likely N-dealkylation sites (N-methyl/N-ethyl adjacent to an activating group) is 1. The summed E-state index contributed by atoms with van der Waals surface area (Å²) in [5.41, 5.74) is 1.97. The molecule has 2 amide bonds. The lowest BCUT2D eigenvalue weighted by Gasteiger charge is -2.40. The summed E-state index contributed by atoms with van der Waals surface area (Å²) >= 11 is 0. The van der Waals surface area contributed by atoms with Crippen LogP contribution in [0.2, 0.25) is 0 Å². The molecule has 1 spiro atoms. The minimum Gasteiger partial charge on any atom is -0.444 e. The third kappa shape index (κ3) is 4.93. The Balaban J connectivity index is 1.51. The summed E-state index contributed by atoms with van der Waals surface area (Å²) in [6.07, 6.45) is 6.13. The van der Waals surface area contributed by atoms with E-state index in [1.807, 2.05) is 25.2 Å². The molecule has 0 saturated carbocycles. The molecular weight excluding hydrogens is 671 g/mol. The predicted molar refractivity (Wildman–Crippen MR) is 192 cm³/mol. The number of rotatable bonds is 4. The van der Waals surface area contributed by atoms with E-state index in [-0.39, 0.29) is 29.5 Å². The fourth-order valence-corrected chi connectivity index (χ4v) is 8.87. The molecule has 1 unspecified atom stereocenters. The first kappa shape index (κ1) is 32.7. The minimum absolute atomic E-state index is 0.0445. The van der Waals surface area contributed by atoms with Crippen molar-refractivity contribution in [1.82, 2.24) is 38.7 Å². The lowest BCUT2D eigenvalue weighted by molar-refractivity contribution is -0.125. The summed E-state index contributed by atoms with van der Waals surface area (Å²) in [5, 5.41) is 13.6. The maximum Gasteiger partial charge on any atom is 0.410 e. The maximum absolute atomic E-state index is 14.9. The van der Waals surface area contributed by atoms with E-state index in [4.69, 9.17) is 9.72 Å². The molecule has 1 saturated heterocycles. The average Bonchev–Trinajstić information content (AvgIpc) is 3.84. The first-order chi connectivity index (χ1) is 24.2. The zero-order valence-corrected chi connectivity index (χ0v) is 29.9. The van der Waals surface area contributed by atoms with Gasteiger partial charge in [0, 0.05) is 67.9 Å². The third-order valence-electron chi connectivity index (χ3n) is 9.56. The quantitative estimate of drug-likeness (QED) is 0.284. The van der Waals surface area contributed by atoms with Crippen LogP contribution in [0.4, 0.5) is 10.5 Å². The van der Waals surface area contributed by atoms with Gasteiger partial charge in [-0.05, 0) is 50.6 Å². The Morgan fingerprint density at radius 3 is 2.45 bits per heavy atom. The molecule has 2 aliphatic rings. The molecular formula is C36H37N9O5S. The van der Waals surface area contributed by atoms with Crippen molar-refractivity contribution in [2.24, 2.45) is 14.1 Å². The highest BCUT2D eigenvalue weighted by atomic mass is 32.2. The topological polar surface area (TPSA) is 149 Å². The number of carbonyl (C=O) groups is 2. The average molecular weight is 708 g/mol. The van der Waals surface area contributed by atoms with Crippen LogP contribution in [0.15, 0.2) is 78.2 Å². The van der Waals surface area contributed by atoms with Crippen LogP contribution in [0.25, 0.3) is 44.3 Å². The Labute approximate surface area is 294 Å². The molecule has 8 rings (SSSR count). The van der Waals surface area contributed by atoms with Crippen LogP contribution in [-0.4, -0.2) is 86.1 Å². The second kappa shape index (κ2) is 11.2. The molecule has 15 heteroatoms. The van der Waals surface area contributed by atoms with Gasteiger partial charge in [-0.1, -0.05) is 24.3 Å². The molecule has 1 atom stereocenters. The summed E-state index contributed by atoms with van der Waals surface area (Å²) in [6.45, 7) is 5.94. The van der Waals surface area contributed by atoms with Crippen molar-refractivity contribution >= 4 is 49.6 Å². The zero-order chi connectivity index (χ0) is 36.0. The second-order valence-electron chi connectivity index (χ2n) is 14.1. The van der Waals surface area contributed by atoms with Crippen molar-refractivity contribution < 1.29 is 22.7 Å². The highest BCUT2D eigenvalue weighted by molar-refractivity contribution is 7.90. The fraction of sp³-hybridized carbons (Fsp3) is 0.306. The van der Waals surface area contributed by atoms with Gasteiger partial charge in [-0.3, -0.25) is 19.5 Å². The molecule has 1 fully saturated rings. The van der Waals surface area contributed by atoms with E-state index < -0.39 is 27.3 Å². The van der Waals surface area contributed by atoms with Crippen LogP contribution in [0.5, 0.6) is 0 Å². The van der Waals surface area contributed by atoms with E-state index in [2.05, 4.69) is 15.5 Å².